The predicted molar refractivity (Wildman–Crippen MR) is 96.2 cm³/mol. The molecule has 0 spiro atoms. The Morgan fingerprint density at radius 3 is 2.75 bits per heavy atom. The van der Waals surface area contributed by atoms with Crippen LogP contribution in [0.1, 0.15) is 49.8 Å². The van der Waals surface area contributed by atoms with Crippen LogP contribution in [-0.4, -0.2) is 31.1 Å². The molecule has 1 aromatic rings. The van der Waals surface area contributed by atoms with Gasteiger partial charge < -0.3 is 15.4 Å². The molecule has 0 radical (unpaired) electrons. The lowest BCUT2D eigenvalue weighted by Gasteiger charge is -2.21. The molecule has 1 aliphatic heterocycles. The van der Waals surface area contributed by atoms with Gasteiger partial charge in [0.1, 0.15) is 0 Å². The van der Waals surface area contributed by atoms with Crippen LogP contribution in [0, 0.1) is 6.92 Å². The van der Waals surface area contributed by atoms with Gasteiger partial charge >= 0.3 is 5.97 Å². The predicted octanol–water partition coefficient (Wildman–Crippen LogP) is 2.67. The summed E-state index contributed by atoms with van der Waals surface area (Å²) in [4.78, 5) is 24.2. The summed E-state index contributed by atoms with van der Waals surface area (Å²) in [5.41, 5.74) is 2.02. The van der Waals surface area contributed by atoms with Gasteiger partial charge in [0.15, 0.2) is 0 Å². The van der Waals surface area contributed by atoms with Crippen LogP contribution in [0.25, 0.3) is 0 Å². The topological polar surface area (TPSA) is 67.4 Å². The first-order chi connectivity index (χ1) is 11.1. The number of esters is 1. The van der Waals surface area contributed by atoms with E-state index in [2.05, 4.69) is 10.6 Å². The third kappa shape index (κ3) is 6.13. The second-order valence-electron chi connectivity index (χ2n) is 5.98. The van der Waals surface area contributed by atoms with Crippen molar-refractivity contribution >= 4 is 24.3 Å². The molecule has 2 unspecified atom stereocenters. The summed E-state index contributed by atoms with van der Waals surface area (Å²) >= 11 is 0. The summed E-state index contributed by atoms with van der Waals surface area (Å²) in [6.07, 6.45) is 2.75. The maximum atomic E-state index is 12.3. The molecular formula is C18H27ClN2O3. The third-order valence-corrected chi connectivity index (χ3v) is 4.17. The van der Waals surface area contributed by atoms with E-state index >= 15 is 0 Å². The van der Waals surface area contributed by atoms with Gasteiger partial charge in [-0.2, -0.15) is 0 Å². The fourth-order valence-electron chi connectivity index (χ4n) is 3.01. The highest BCUT2D eigenvalue weighted by Crippen LogP contribution is 2.22. The Hall–Kier alpha value is -1.59. The normalized spacial score (nSPS) is 17.7. The average molecular weight is 355 g/mol. The fraction of sp³-hybridized carbons (Fsp3) is 0.556. The Kier molecular flexibility index (Phi) is 8.79. The van der Waals surface area contributed by atoms with Crippen LogP contribution in [0.4, 0.5) is 0 Å². The molecule has 1 heterocycles. The Morgan fingerprint density at radius 1 is 1.38 bits per heavy atom. The van der Waals surface area contributed by atoms with Crippen molar-refractivity contribution in [2.75, 3.05) is 13.2 Å². The molecule has 2 N–H and O–H groups in total. The van der Waals surface area contributed by atoms with E-state index in [4.69, 9.17) is 4.74 Å². The summed E-state index contributed by atoms with van der Waals surface area (Å²) in [6, 6.07) is 7.71. The molecule has 6 heteroatoms. The molecule has 0 bridgehead atoms. The maximum Gasteiger partial charge on any atom is 0.308 e. The zero-order valence-corrected chi connectivity index (χ0v) is 15.2. The highest BCUT2D eigenvalue weighted by atomic mass is 35.5. The Morgan fingerprint density at radius 2 is 2.12 bits per heavy atom. The first-order valence-corrected chi connectivity index (χ1v) is 8.34. The molecule has 1 saturated heterocycles. The molecular weight excluding hydrogens is 328 g/mol. The van der Waals surface area contributed by atoms with E-state index in [0.29, 0.717) is 13.0 Å². The van der Waals surface area contributed by atoms with E-state index in [-0.39, 0.29) is 42.8 Å². The average Bonchev–Trinajstić information content (AvgIpc) is 3.00. The summed E-state index contributed by atoms with van der Waals surface area (Å²) in [5.74, 6) is -0.318. The number of amides is 1. The molecule has 0 aliphatic carbocycles. The third-order valence-electron chi connectivity index (χ3n) is 4.17. The minimum Gasteiger partial charge on any atom is -0.466 e. The molecule has 2 atom stereocenters. The number of hydrogen-bond acceptors (Lipinski definition) is 4. The molecule has 5 nitrogen and oxygen atoms in total. The second kappa shape index (κ2) is 10.3. The van der Waals surface area contributed by atoms with E-state index in [9.17, 15) is 9.59 Å². The molecule has 0 saturated carbocycles. The van der Waals surface area contributed by atoms with Gasteiger partial charge in [0.25, 0.3) is 0 Å². The van der Waals surface area contributed by atoms with Crippen molar-refractivity contribution in [1.29, 1.82) is 0 Å². The summed E-state index contributed by atoms with van der Waals surface area (Å²) < 4.78 is 5.05. The Bertz CT molecular complexity index is 545. The smallest absolute Gasteiger partial charge is 0.308 e. The van der Waals surface area contributed by atoms with Crippen molar-refractivity contribution in [1.82, 2.24) is 10.6 Å². The SMILES string of the molecule is CCOC(=O)CC(NC(=O)CC1CCCN1)c1ccccc1C.Cl. The monoisotopic (exact) mass is 354 g/mol. The van der Waals surface area contributed by atoms with Gasteiger partial charge in [-0.05, 0) is 44.4 Å². The van der Waals surface area contributed by atoms with Crippen molar-refractivity contribution in [3.63, 3.8) is 0 Å². The number of rotatable bonds is 7. The Labute approximate surface area is 149 Å². The molecule has 1 aromatic carbocycles. The number of nitrogens with one attached hydrogen (secondary N) is 2. The molecule has 1 amide bonds. The summed E-state index contributed by atoms with van der Waals surface area (Å²) in [7, 11) is 0. The number of benzene rings is 1. The summed E-state index contributed by atoms with van der Waals surface area (Å²) in [5, 5.41) is 6.33. The quantitative estimate of drug-likeness (QED) is 0.739. The van der Waals surface area contributed by atoms with Crippen molar-refractivity contribution in [3.05, 3.63) is 35.4 Å². The number of aryl methyl sites for hydroxylation is 1. The van der Waals surface area contributed by atoms with E-state index < -0.39 is 0 Å². The first-order valence-electron chi connectivity index (χ1n) is 8.34. The molecule has 134 valence electrons. The number of hydrogen-bond donors (Lipinski definition) is 2. The van der Waals surface area contributed by atoms with Crippen LogP contribution in [-0.2, 0) is 14.3 Å². The van der Waals surface area contributed by atoms with Gasteiger partial charge in [0, 0.05) is 12.5 Å². The highest BCUT2D eigenvalue weighted by molar-refractivity contribution is 5.85. The van der Waals surface area contributed by atoms with Gasteiger partial charge in [-0.25, -0.2) is 0 Å². The van der Waals surface area contributed by atoms with Gasteiger partial charge in [0.05, 0.1) is 19.1 Å². The fourth-order valence-corrected chi connectivity index (χ4v) is 3.01. The van der Waals surface area contributed by atoms with Gasteiger partial charge in [-0.3, -0.25) is 9.59 Å². The lowest BCUT2D eigenvalue weighted by Crippen LogP contribution is -2.35. The first kappa shape index (κ1) is 20.5. The molecule has 2 rings (SSSR count). The largest absolute Gasteiger partial charge is 0.466 e. The maximum absolute atomic E-state index is 12.3. The number of carbonyl (C=O) groups is 2. The van der Waals surface area contributed by atoms with E-state index in [1.54, 1.807) is 6.92 Å². The molecule has 0 aromatic heterocycles. The van der Waals surface area contributed by atoms with Crippen molar-refractivity contribution in [2.45, 2.75) is 51.6 Å². The zero-order chi connectivity index (χ0) is 16.7. The highest BCUT2D eigenvalue weighted by Gasteiger charge is 2.23. The number of halogens is 1. The lowest BCUT2D eigenvalue weighted by molar-refractivity contribution is -0.143. The molecule has 1 aliphatic rings. The van der Waals surface area contributed by atoms with E-state index in [1.807, 2.05) is 31.2 Å². The minimum absolute atomic E-state index is 0. The van der Waals surface area contributed by atoms with Crippen LogP contribution >= 0.6 is 12.4 Å². The Balaban J connectivity index is 0.00000288. The number of ether oxygens (including phenoxy) is 1. The standard InChI is InChI=1S/C18H26N2O3.ClH/c1-3-23-18(22)12-16(15-9-5-4-7-13(15)2)20-17(21)11-14-8-6-10-19-14;/h4-5,7,9,14,16,19H,3,6,8,10-12H2,1-2H3,(H,20,21);1H. The summed E-state index contributed by atoms with van der Waals surface area (Å²) in [6.45, 7) is 5.09. The van der Waals surface area contributed by atoms with Crippen LogP contribution in [0.15, 0.2) is 24.3 Å². The minimum atomic E-state index is -0.343. The van der Waals surface area contributed by atoms with Crippen LogP contribution in [0.3, 0.4) is 0 Å². The molecule has 1 fully saturated rings. The van der Waals surface area contributed by atoms with Crippen LogP contribution in [0.2, 0.25) is 0 Å². The van der Waals surface area contributed by atoms with Crippen molar-refractivity contribution in [2.24, 2.45) is 0 Å². The van der Waals surface area contributed by atoms with Crippen molar-refractivity contribution in [3.8, 4) is 0 Å². The second-order valence-corrected chi connectivity index (χ2v) is 5.98. The van der Waals surface area contributed by atoms with Crippen molar-refractivity contribution < 1.29 is 14.3 Å². The van der Waals surface area contributed by atoms with Crippen LogP contribution in [0.5, 0.6) is 0 Å². The zero-order valence-electron chi connectivity index (χ0n) is 14.3. The molecule has 24 heavy (non-hydrogen) atoms. The van der Waals surface area contributed by atoms with Gasteiger partial charge in [-0.1, -0.05) is 24.3 Å². The van der Waals surface area contributed by atoms with E-state index in [0.717, 1.165) is 30.5 Å². The van der Waals surface area contributed by atoms with Gasteiger partial charge in [0.2, 0.25) is 5.91 Å². The lowest BCUT2D eigenvalue weighted by atomic mass is 9.98. The van der Waals surface area contributed by atoms with Gasteiger partial charge in [-0.15, -0.1) is 12.4 Å². The number of carbonyl (C=O) groups excluding carboxylic acids is 2. The van der Waals surface area contributed by atoms with Crippen LogP contribution < -0.4 is 10.6 Å². The van der Waals surface area contributed by atoms with E-state index in [1.165, 1.54) is 0 Å².